The number of benzene rings is 4. The van der Waals surface area contributed by atoms with Crippen LogP contribution in [-0.2, 0) is 35.4 Å². The van der Waals surface area contributed by atoms with Crippen LogP contribution in [0.3, 0.4) is 0 Å². The van der Waals surface area contributed by atoms with Crippen molar-refractivity contribution in [2.45, 2.75) is 95.7 Å². The zero-order valence-corrected chi connectivity index (χ0v) is 31.9. The molecule has 2 aliphatic heterocycles. The molecule has 0 aromatic heterocycles. The molecular formula is C49H50O6. The van der Waals surface area contributed by atoms with E-state index in [1.54, 1.807) is 13.2 Å². The lowest BCUT2D eigenvalue weighted by molar-refractivity contribution is -0.121. The molecular weight excluding hydrogens is 685 g/mol. The molecule has 0 radical (unpaired) electrons. The van der Waals surface area contributed by atoms with E-state index in [2.05, 4.69) is 67.5 Å². The van der Waals surface area contributed by atoms with Crippen molar-refractivity contribution in [2.75, 3.05) is 7.11 Å². The SMILES string of the molecule is COc1ccc2cc1OCc1cc3c4c(c(O)cc5c4c1C=CC5C)C(C#COC(CC1C=C(O)C=CC1CCCCc1ccccc1)CC(=O)CC2)CC3. The second-order valence-electron chi connectivity index (χ2n) is 15.7. The number of aromatic hydroxyl groups is 1. The van der Waals surface area contributed by atoms with Crippen LogP contribution in [0.2, 0.25) is 0 Å². The quantitative estimate of drug-likeness (QED) is 0.138. The Hall–Kier alpha value is -5.41. The van der Waals surface area contributed by atoms with Crippen LogP contribution in [-0.4, -0.2) is 29.2 Å². The van der Waals surface area contributed by atoms with Crippen molar-refractivity contribution in [3.8, 4) is 29.3 Å². The minimum atomic E-state index is -0.457. The number of unbranched alkanes of at least 4 members (excludes halogenated alkanes) is 1. The largest absolute Gasteiger partial charge is 0.508 e. The van der Waals surface area contributed by atoms with Gasteiger partial charge in [0.1, 0.15) is 36.1 Å². The molecule has 282 valence electrons. The molecule has 5 aliphatic rings. The number of ether oxygens (including phenoxy) is 3. The molecule has 0 saturated carbocycles. The van der Waals surface area contributed by atoms with Crippen molar-refractivity contribution in [2.24, 2.45) is 11.8 Å². The summed E-state index contributed by atoms with van der Waals surface area (Å²) in [5, 5.41) is 24.5. The van der Waals surface area contributed by atoms with Crippen LogP contribution in [0.1, 0.15) is 103 Å². The molecule has 5 unspecified atom stereocenters. The highest BCUT2D eigenvalue weighted by atomic mass is 16.5. The van der Waals surface area contributed by atoms with Crippen molar-refractivity contribution in [3.63, 3.8) is 0 Å². The number of phenols is 1. The Morgan fingerprint density at radius 3 is 2.64 bits per heavy atom. The summed E-state index contributed by atoms with van der Waals surface area (Å²) in [5.74, 6) is 5.47. The number of carbonyl (C=O) groups is 1. The van der Waals surface area contributed by atoms with E-state index in [4.69, 9.17) is 14.2 Å². The molecule has 55 heavy (non-hydrogen) atoms. The van der Waals surface area contributed by atoms with Gasteiger partial charge in [0.25, 0.3) is 0 Å². The summed E-state index contributed by atoms with van der Waals surface area (Å²) in [7, 11) is 1.64. The molecule has 0 fully saturated rings. The first-order valence-electron chi connectivity index (χ1n) is 20.0. The second-order valence-corrected chi connectivity index (χ2v) is 15.7. The Labute approximate surface area is 324 Å². The van der Waals surface area contributed by atoms with Crippen LogP contribution in [0.4, 0.5) is 0 Å². The van der Waals surface area contributed by atoms with Crippen LogP contribution in [0, 0.1) is 23.9 Å². The number of ketones is 1. The first-order valence-corrected chi connectivity index (χ1v) is 20.0. The minimum Gasteiger partial charge on any atom is -0.508 e. The van der Waals surface area contributed by atoms with E-state index in [0.29, 0.717) is 37.4 Å². The normalized spacial score (nSPS) is 22.9. The highest BCUT2D eigenvalue weighted by molar-refractivity contribution is 6.03. The number of phenolic OH excluding ortho intramolecular Hbond substituents is 1. The standard InChI is InChI=1S/C49H50O6/c1-31-12-20-42-38-25-36-16-15-35(47-44(52)29-43(31)49(42)48(36)47)22-23-54-41(28-40(51)18-13-33-14-21-45(53-2)46(24-33)55-30-38)27-37-26-39(50)19-17-34(37)11-7-6-10-32-8-4-3-5-9-32/h3-5,8-9,12,14,17,19-21,24-26,29,31,34-35,37,41,50,52H,6-7,10-11,13,15-16,18,27-28,30H2,1-2H3. The van der Waals surface area contributed by atoms with Gasteiger partial charge in [0.15, 0.2) is 11.5 Å². The Bertz CT molecular complexity index is 2230. The van der Waals surface area contributed by atoms with Gasteiger partial charge >= 0.3 is 0 Å². The van der Waals surface area contributed by atoms with E-state index in [1.165, 1.54) is 16.5 Å². The number of aliphatic hydroxyl groups excluding tert-OH is 1. The van der Waals surface area contributed by atoms with E-state index < -0.39 is 6.10 Å². The van der Waals surface area contributed by atoms with Crippen LogP contribution in [0.25, 0.3) is 16.8 Å². The van der Waals surface area contributed by atoms with E-state index >= 15 is 0 Å². The van der Waals surface area contributed by atoms with E-state index in [1.807, 2.05) is 36.4 Å². The smallest absolute Gasteiger partial charge is 0.161 e. The van der Waals surface area contributed by atoms with Gasteiger partial charge in [-0.05, 0) is 131 Å². The molecule has 5 atom stereocenters. The van der Waals surface area contributed by atoms with Gasteiger partial charge in [0, 0.05) is 24.3 Å². The monoisotopic (exact) mass is 734 g/mol. The highest BCUT2D eigenvalue weighted by Crippen LogP contribution is 2.49. The molecule has 4 aromatic rings. The van der Waals surface area contributed by atoms with Crippen molar-refractivity contribution in [1.29, 1.82) is 0 Å². The summed E-state index contributed by atoms with van der Waals surface area (Å²) < 4.78 is 18.6. The van der Waals surface area contributed by atoms with Gasteiger partial charge in [-0.1, -0.05) is 80.0 Å². The number of methoxy groups -OCH3 is 1. The summed E-state index contributed by atoms with van der Waals surface area (Å²) in [6.45, 7) is 2.52. The average molecular weight is 735 g/mol. The highest BCUT2D eigenvalue weighted by Gasteiger charge is 2.31. The zero-order chi connectivity index (χ0) is 37.9. The first-order chi connectivity index (χ1) is 26.8. The van der Waals surface area contributed by atoms with E-state index in [0.717, 1.165) is 71.7 Å². The average Bonchev–Trinajstić information content (AvgIpc) is 3.19. The van der Waals surface area contributed by atoms with Crippen molar-refractivity contribution in [3.05, 3.63) is 130 Å². The molecule has 2 N–H and O–H groups in total. The summed E-state index contributed by atoms with van der Waals surface area (Å²) in [6.07, 6.45) is 20.3. The van der Waals surface area contributed by atoms with Gasteiger partial charge in [-0.25, -0.2) is 0 Å². The second kappa shape index (κ2) is 16.1. The Morgan fingerprint density at radius 2 is 1.78 bits per heavy atom. The van der Waals surface area contributed by atoms with Crippen molar-refractivity contribution in [1.82, 2.24) is 0 Å². The first kappa shape index (κ1) is 36.6. The Balaban J connectivity index is 1.11. The molecule has 8 bridgehead atoms. The third-order valence-corrected chi connectivity index (χ3v) is 12.1. The third-order valence-electron chi connectivity index (χ3n) is 12.1. The van der Waals surface area contributed by atoms with E-state index in [-0.39, 0.29) is 47.4 Å². The number of allylic oxidation sites excluding steroid dienone is 4. The lowest BCUT2D eigenvalue weighted by Gasteiger charge is -2.30. The number of aliphatic hydroxyl groups is 1. The maximum absolute atomic E-state index is 13.7. The Morgan fingerprint density at radius 1 is 0.909 bits per heavy atom. The number of hydrogen-bond acceptors (Lipinski definition) is 6. The summed E-state index contributed by atoms with van der Waals surface area (Å²) >= 11 is 0. The molecule has 9 rings (SSSR count). The summed E-state index contributed by atoms with van der Waals surface area (Å²) in [5.41, 5.74) is 7.71. The zero-order valence-electron chi connectivity index (χ0n) is 31.9. The number of rotatable bonds is 8. The molecule has 0 amide bonds. The predicted molar refractivity (Wildman–Crippen MR) is 217 cm³/mol. The summed E-state index contributed by atoms with van der Waals surface area (Å²) in [4.78, 5) is 13.7. The number of hydrogen-bond donors (Lipinski definition) is 2. The molecule has 3 aliphatic carbocycles. The Kier molecular flexibility index (Phi) is 10.7. The van der Waals surface area contributed by atoms with Crippen LogP contribution >= 0.6 is 0 Å². The molecule has 4 aromatic carbocycles. The summed E-state index contributed by atoms with van der Waals surface area (Å²) in [6, 6.07) is 20.6. The van der Waals surface area contributed by atoms with Crippen LogP contribution in [0.5, 0.6) is 17.2 Å². The van der Waals surface area contributed by atoms with Crippen molar-refractivity contribution < 1.29 is 29.2 Å². The van der Waals surface area contributed by atoms with Gasteiger partial charge in [-0.3, -0.25) is 4.79 Å². The van der Waals surface area contributed by atoms with E-state index in [9.17, 15) is 15.0 Å². The topological polar surface area (TPSA) is 85.2 Å². The number of carbonyl (C=O) groups excluding carboxylic acids is 1. The van der Waals surface area contributed by atoms with Crippen LogP contribution in [0.15, 0.2) is 90.7 Å². The number of fused-ring (bicyclic) bond motifs is 7. The van der Waals surface area contributed by atoms with Crippen LogP contribution < -0.4 is 9.47 Å². The van der Waals surface area contributed by atoms with Gasteiger partial charge in [-0.15, -0.1) is 0 Å². The number of Topliss-reactive ketones (excluding diaryl/α,β-unsaturated/α-hetero) is 1. The molecule has 2 heterocycles. The van der Waals surface area contributed by atoms with Gasteiger partial charge in [0.2, 0.25) is 0 Å². The lowest BCUT2D eigenvalue weighted by Crippen LogP contribution is -2.24. The molecule has 6 nitrogen and oxygen atoms in total. The lowest BCUT2D eigenvalue weighted by atomic mass is 9.74. The fraction of sp³-hybridized carbons (Fsp3) is 0.367. The third kappa shape index (κ3) is 7.89. The van der Waals surface area contributed by atoms with Gasteiger partial charge in [0.05, 0.1) is 13.0 Å². The predicted octanol–water partition coefficient (Wildman–Crippen LogP) is 10.6. The molecule has 6 heteroatoms. The molecule has 0 spiro atoms. The fourth-order valence-corrected chi connectivity index (χ4v) is 9.12. The van der Waals surface area contributed by atoms with Crippen molar-refractivity contribution >= 4 is 22.6 Å². The minimum absolute atomic E-state index is 0.00945. The maximum atomic E-state index is 13.7. The maximum Gasteiger partial charge on any atom is 0.161 e. The molecule has 0 saturated heterocycles. The van der Waals surface area contributed by atoms with Gasteiger partial charge < -0.3 is 24.4 Å². The number of aryl methyl sites for hydroxylation is 3. The fourth-order valence-electron chi connectivity index (χ4n) is 9.12. The van der Waals surface area contributed by atoms with Gasteiger partial charge in [-0.2, -0.15) is 0 Å².